The summed E-state index contributed by atoms with van der Waals surface area (Å²) in [4.78, 5) is 0. The summed E-state index contributed by atoms with van der Waals surface area (Å²) >= 11 is 0. The first-order valence-corrected chi connectivity index (χ1v) is 7.94. The summed E-state index contributed by atoms with van der Waals surface area (Å²) in [5.41, 5.74) is 0.575. The second kappa shape index (κ2) is 6.79. The van der Waals surface area contributed by atoms with Crippen LogP contribution in [0.3, 0.4) is 0 Å². The number of hydrogen-bond acceptors (Lipinski definition) is 1. The second-order valence-electron chi connectivity index (χ2n) is 4.10. The van der Waals surface area contributed by atoms with Crippen molar-refractivity contribution in [2.45, 2.75) is 31.5 Å². The molecule has 2 unspecified atom stereocenters. The Balaban J connectivity index is 0.00000112. The quantitative estimate of drug-likeness (QED) is 0.652. The van der Waals surface area contributed by atoms with Gasteiger partial charge in [0, 0.05) is 12.3 Å². The molecule has 0 saturated carbocycles. The molecule has 1 heterocycles. The Morgan fingerprint density at radius 2 is 1.93 bits per heavy atom. The van der Waals surface area contributed by atoms with E-state index in [1.807, 2.05) is 0 Å². The maximum absolute atomic E-state index is 5.86. The molecule has 2 rings (SSSR count). The number of hydrogen-bond donors (Lipinski definition) is 0. The van der Waals surface area contributed by atoms with E-state index in [2.05, 4.69) is 36.9 Å². The zero-order valence-corrected chi connectivity index (χ0v) is 14.3. The average Bonchev–Trinajstić information content (AvgIpc) is 2.30. The average molecular weight is 417 g/mol. The van der Waals surface area contributed by atoms with E-state index in [9.17, 15) is 0 Å². The Hall–Kier alpha value is 0.293. The third-order valence-electron chi connectivity index (χ3n) is 3.10. The van der Waals surface area contributed by atoms with Gasteiger partial charge in [-0.2, -0.15) is 0 Å². The van der Waals surface area contributed by atoms with Gasteiger partial charge >= 0.3 is 26.6 Å². The molecule has 2 atom stereocenters. The summed E-state index contributed by atoms with van der Waals surface area (Å²) in [6, 6.07) is 10.9. The van der Waals surface area contributed by atoms with Crippen molar-refractivity contribution in [1.29, 1.82) is 0 Å². The molecule has 1 nitrogen and oxygen atoms in total. The molecule has 0 spiro atoms. The first kappa shape index (κ1) is 13.4. The summed E-state index contributed by atoms with van der Waals surface area (Å²) in [7, 11) is -0.864. The van der Waals surface area contributed by atoms with Gasteiger partial charge < -0.3 is 4.74 Å². The van der Waals surface area contributed by atoms with Gasteiger partial charge in [0.25, 0.3) is 0 Å². The van der Waals surface area contributed by atoms with Crippen LogP contribution in [0.25, 0.3) is 0 Å². The van der Waals surface area contributed by atoms with Gasteiger partial charge in [-0.3, -0.25) is 0 Å². The molecule has 1 fully saturated rings. The molecule has 0 aromatic heterocycles. The first-order valence-electron chi connectivity index (χ1n) is 5.54. The zero-order valence-electron chi connectivity index (χ0n) is 9.28. The van der Waals surface area contributed by atoms with Crippen LogP contribution in [0, 0.1) is 0 Å². The molecule has 15 heavy (non-hydrogen) atoms. The predicted molar refractivity (Wildman–Crippen MR) is 71.2 cm³/mol. The Bertz CT molecular complexity index is 272. The predicted octanol–water partition coefficient (Wildman–Crippen LogP) is 0.943. The van der Waals surface area contributed by atoms with Gasteiger partial charge in [-0.1, -0.05) is 42.1 Å². The monoisotopic (exact) mass is 417 g/mol. The van der Waals surface area contributed by atoms with Crippen LogP contribution < -0.4 is 5.19 Å². The van der Waals surface area contributed by atoms with Crippen LogP contribution in [0.1, 0.15) is 19.3 Å². The molecule has 0 aliphatic carbocycles. The molecule has 1 aliphatic rings. The van der Waals surface area contributed by atoms with Crippen molar-refractivity contribution < 1.29 is 4.74 Å². The van der Waals surface area contributed by atoms with Crippen LogP contribution in [-0.2, 0) is 4.74 Å². The third-order valence-corrected chi connectivity index (χ3v) is 6.18. The molecule has 0 N–H and O–H groups in total. The van der Waals surface area contributed by atoms with Crippen molar-refractivity contribution in [1.82, 2.24) is 0 Å². The van der Waals surface area contributed by atoms with Gasteiger partial charge in [-0.15, -0.1) is 0 Å². The fourth-order valence-electron chi connectivity index (χ4n) is 2.13. The van der Waals surface area contributed by atoms with Crippen LogP contribution in [-0.4, -0.2) is 47.7 Å². The van der Waals surface area contributed by atoms with Crippen LogP contribution in [0.4, 0.5) is 0 Å². The van der Waals surface area contributed by atoms with E-state index in [0.717, 1.165) is 6.61 Å². The van der Waals surface area contributed by atoms with Crippen LogP contribution in [0.5, 0.6) is 0 Å². The summed E-state index contributed by atoms with van der Waals surface area (Å²) < 4.78 is 5.86. The van der Waals surface area contributed by atoms with Gasteiger partial charge in [0.2, 0.25) is 0 Å². The van der Waals surface area contributed by atoms with Crippen molar-refractivity contribution in [3.8, 4) is 0 Å². The molecular formula is C12H20OPoSi. The van der Waals surface area contributed by atoms with Crippen molar-refractivity contribution in [2.24, 2.45) is 0 Å². The van der Waals surface area contributed by atoms with E-state index in [0.29, 0.717) is 5.73 Å². The number of rotatable bonds is 2. The minimum atomic E-state index is -0.864. The topological polar surface area (TPSA) is 9.23 Å². The zero-order chi connectivity index (χ0) is 9.80. The molecule has 1 saturated heterocycles. The normalized spacial score (nSPS) is 22.9. The van der Waals surface area contributed by atoms with Crippen molar-refractivity contribution >= 4 is 40.5 Å². The van der Waals surface area contributed by atoms with Gasteiger partial charge in [-0.25, -0.2) is 0 Å². The molecular weight excluding hydrogens is 397 g/mol. The molecule has 3 heteroatoms. The molecule has 1 aromatic carbocycles. The second-order valence-corrected chi connectivity index (χ2v) is 7.09. The standard InChI is InChI=1S/C12H18OSi.Po.2H/c1-14(11-7-3-2-4-8-11)12-9-5-6-10-13-12;;;/h2-4,7-8,12,14H,5-6,9-10H2,1H3;;;. The van der Waals surface area contributed by atoms with Gasteiger partial charge in [0.15, 0.2) is 0 Å². The molecule has 1 aromatic rings. The summed E-state index contributed by atoms with van der Waals surface area (Å²) in [5, 5.41) is 1.54. The van der Waals surface area contributed by atoms with Crippen molar-refractivity contribution in [2.75, 3.05) is 6.61 Å². The maximum atomic E-state index is 5.86. The van der Waals surface area contributed by atoms with Gasteiger partial charge in [0.05, 0.1) is 0 Å². The summed E-state index contributed by atoms with van der Waals surface area (Å²) in [6.07, 6.45) is 3.89. The molecule has 1 aliphatic heterocycles. The first-order chi connectivity index (χ1) is 6.88. The molecule has 0 radical (unpaired) electrons. The van der Waals surface area contributed by atoms with Crippen molar-refractivity contribution in [3.05, 3.63) is 30.3 Å². The third kappa shape index (κ3) is 3.66. The van der Waals surface area contributed by atoms with E-state index < -0.39 is 8.80 Å². The van der Waals surface area contributed by atoms with E-state index >= 15 is 0 Å². The van der Waals surface area contributed by atoms with E-state index in [4.69, 9.17) is 4.74 Å². The summed E-state index contributed by atoms with van der Waals surface area (Å²) in [5.74, 6) is 0. The Labute approximate surface area is 113 Å². The van der Waals surface area contributed by atoms with Gasteiger partial charge in [0.1, 0.15) is 8.80 Å². The van der Waals surface area contributed by atoms with Crippen LogP contribution in [0.15, 0.2) is 30.3 Å². The SMILES string of the molecule is C[SiH](c1ccccc1)C1CCCCO1.[PoH2]. The molecule has 0 bridgehead atoms. The van der Waals surface area contributed by atoms with E-state index in [1.165, 1.54) is 19.3 Å². The van der Waals surface area contributed by atoms with Crippen molar-refractivity contribution in [3.63, 3.8) is 0 Å². The Morgan fingerprint density at radius 1 is 1.20 bits per heavy atom. The van der Waals surface area contributed by atoms with Gasteiger partial charge in [-0.05, 0) is 19.3 Å². The molecule has 84 valence electrons. The fraction of sp³-hybridized carbons (Fsp3) is 0.500. The fourth-order valence-corrected chi connectivity index (χ4v) is 4.55. The number of ether oxygens (including phenoxy) is 1. The van der Waals surface area contributed by atoms with E-state index in [1.54, 1.807) is 5.19 Å². The number of benzene rings is 1. The van der Waals surface area contributed by atoms with Crippen LogP contribution in [0.2, 0.25) is 6.55 Å². The summed E-state index contributed by atoms with van der Waals surface area (Å²) in [6.45, 7) is 3.39. The molecule has 0 amide bonds. The minimum absolute atomic E-state index is 0. The Kier molecular flexibility index (Phi) is 6.04. The van der Waals surface area contributed by atoms with E-state index in [-0.39, 0.29) is 26.6 Å². The Morgan fingerprint density at radius 3 is 2.53 bits per heavy atom. The van der Waals surface area contributed by atoms with Crippen LogP contribution >= 0.6 is 0 Å².